The molecule has 0 aromatic heterocycles. The Morgan fingerprint density at radius 1 is 0.500 bits per heavy atom. The van der Waals surface area contributed by atoms with Crippen LogP contribution in [0.25, 0.3) is 11.1 Å². The first-order valence-corrected chi connectivity index (χ1v) is 20.0. The third-order valence-electron chi connectivity index (χ3n) is 7.00. The predicted octanol–water partition coefficient (Wildman–Crippen LogP) is 10.8. The van der Waals surface area contributed by atoms with Crippen LogP contribution < -0.4 is 9.47 Å². The minimum absolute atomic E-state index is 0.0869. The standard InChI is InChI=1S/C34H56O8P2/c1-7-13-15-17-25-37-33-29(27-43(35,39-9-3)40-10-4)21-19-23-31(33)32-24-20-22-30(28-44(36,41-11-5)42-12-6)34(32)38-26-18-16-14-8-2/h19-24H,7-18,25-28H2,1-6H3. The minimum atomic E-state index is -3.40. The molecule has 0 aliphatic carbocycles. The summed E-state index contributed by atoms with van der Waals surface area (Å²) in [6.45, 7) is 13.8. The number of hydrogen-bond donors (Lipinski definition) is 0. The molecular formula is C34H56O8P2. The van der Waals surface area contributed by atoms with Crippen LogP contribution in [0.5, 0.6) is 11.5 Å². The topological polar surface area (TPSA) is 89.5 Å². The summed E-state index contributed by atoms with van der Waals surface area (Å²) in [6.07, 6.45) is 8.66. The number of rotatable bonds is 25. The maximum absolute atomic E-state index is 13.6. The fourth-order valence-electron chi connectivity index (χ4n) is 5.05. The van der Waals surface area contributed by atoms with E-state index in [1.165, 1.54) is 0 Å². The van der Waals surface area contributed by atoms with E-state index in [1.54, 1.807) is 0 Å². The normalized spacial score (nSPS) is 12.0. The van der Waals surface area contributed by atoms with Crippen LogP contribution in [0.1, 0.15) is 104 Å². The molecule has 2 aromatic carbocycles. The largest absolute Gasteiger partial charge is 0.493 e. The maximum atomic E-state index is 13.6. The van der Waals surface area contributed by atoms with Gasteiger partial charge >= 0.3 is 15.2 Å². The molecule has 0 atom stereocenters. The Bertz CT molecular complexity index is 1070. The highest BCUT2D eigenvalue weighted by Crippen LogP contribution is 2.55. The average Bonchev–Trinajstić information content (AvgIpc) is 2.98. The zero-order valence-corrected chi connectivity index (χ0v) is 29.7. The van der Waals surface area contributed by atoms with Crippen LogP contribution in [0, 0.1) is 0 Å². The Balaban J connectivity index is 2.67. The van der Waals surface area contributed by atoms with Crippen LogP contribution in [0.4, 0.5) is 0 Å². The van der Waals surface area contributed by atoms with E-state index < -0.39 is 15.2 Å². The van der Waals surface area contributed by atoms with Gasteiger partial charge in [-0.15, -0.1) is 0 Å². The van der Waals surface area contributed by atoms with E-state index in [2.05, 4.69) is 13.8 Å². The molecule has 0 saturated carbocycles. The summed E-state index contributed by atoms with van der Waals surface area (Å²) in [6, 6.07) is 11.7. The Morgan fingerprint density at radius 3 is 1.18 bits per heavy atom. The summed E-state index contributed by atoms with van der Waals surface area (Å²) in [5.41, 5.74) is 3.12. The van der Waals surface area contributed by atoms with E-state index in [1.807, 2.05) is 64.1 Å². The van der Waals surface area contributed by atoms with Gasteiger partial charge in [-0.3, -0.25) is 9.13 Å². The lowest BCUT2D eigenvalue weighted by atomic mass is 9.98. The molecule has 0 aliphatic heterocycles. The van der Waals surface area contributed by atoms with E-state index in [-0.39, 0.29) is 38.8 Å². The first kappa shape index (κ1) is 38.5. The van der Waals surface area contributed by atoms with Crippen molar-refractivity contribution in [3.63, 3.8) is 0 Å². The van der Waals surface area contributed by atoms with Crippen molar-refractivity contribution in [3.05, 3.63) is 47.5 Å². The fourth-order valence-corrected chi connectivity index (χ4v) is 8.47. The zero-order chi connectivity index (χ0) is 32.3. The summed E-state index contributed by atoms with van der Waals surface area (Å²) in [5, 5.41) is 0. The number of unbranched alkanes of at least 4 members (excludes halogenated alkanes) is 6. The van der Waals surface area contributed by atoms with Crippen molar-refractivity contribution in [2.45, 2.75) is 105 Å². The van der Waals surface area contributed by atoms with Gasteiger partial charge in [-0.2, -0.15) is 0 Å². The molecule has 0 aliphatic rings. The number of benzene rings is 2. The Morgan fingerprint density at radius 2 is 0.864 bits per heavy atom. The van der Waals surface area contributed by atoms with Crippen molar-refractivity contribution in [3.8, 4) is 22.6 Å². The molecule has 0 heterocycles. The van der Waals surface area contributed by atoms with Gasteiger partial charge in [0, 0.05) is 22.3 Å². The van der Waals surface area contributed by atoms with Gasteiger partial charge in [0.15, 0.2) is 0 Å². The van der Waals surface area contributed by atoms with Crippen LogP contribution >= 0.6 is 15.2 Å². The van der Waals surface area contributed by atoms with Gasteiger partial charge in [-0.25, -0.2) is 0 Å². The lowest BCUT2D eigenvalue weighted by Crippen LogP contribution is -2.07. The lowest BCUT2D eigenvalue weighted by Gasteiger charge is -2.23. The van der Waals surface area contributed by atoms with Gasteiger partial charge in [0.2, 0.25) is 0 Å². The fraction of sp³-hybridized carbons (Fsp3) is 0.647. The zero-order valence-electron chi connectivity index (χ0n) is 27.9. The van der Waals surface area contributed by atoms with E-state index in [0.717, 1.165) is 73.6 Å². The third-order valence-corrected chi connectivity index (χ3v) is 11.1. The predicted molar refractivity (Wildman–Crippen MR) is 180 cm³/mol. The number of hydrogen-bond acceptors (Lipinski definition) is 8. The Hall–Kier alpha value is -1.66. The monoisotopic (exact) mass is 654 g/mol. The van der Waals surface area contributed by atoms with Gasteiger partial charge in [0.1, 0.15) is 11.5 Å². The minimum Gasteiger partial charge on any atom is -0.493 e. The highest BCUT2D eigenvalue weighted by Gasteiger charge is 2.30. The smallest absolute Gasteiger partial charge is 0.335 e. The second-order valence-electron chi connectivity index (χ2n) is 10.6. The first-order valence-electron chi connectivity index (χ1n) is 16.6. The van der Waals surface area contributed by atoms with Gasteiger partial charge in [0.25, 0.3) is 0 Å². The first-order chi connectivity index (χ1) is 21.3. The molecule has 0 bridgehead atoms. The molecule has 0 unspecified atom stereocenters. The van der Waals surface area contributed by atoms with Gasteiger partial charge in [-0.05, 0) is 40.5 Å². The van der Waals surface area contributed by atoms with Crippen LogP contribution in [0.15, 0.2) is 36.4 Å². The van der Waals surface area contributed by atoms with Crippen LogP contribution in [0.3, 0.4) is 0 Å². The molecule has 2 aromatic rings. The van der Waals surface area contributed by atoms with Gasteiger partial charge < -0.3 is 27.6 Å². The molecule has 0 amide bonds. The Labute approximate surface area is 266 Å². The summed E-state index contributed by atoms with van der Waals surface area (Å²) in [7, 11) is -6.81. The molecule has 0 saturated heterocycles. The SMILES string of the molecule is CCCCCCOc1c(CP(=O)(OCC)OCC)cccc1-c1cccc(CP(=O)(OCC)OCC)c1OCCCCCC. The van der Waals surface area contributed by atoms with E-state index in [4.69, 9.17) is 27.6 Å². The van der Waals surface area contributed by atoms with E-state index in [0.29, 0.717) is 24.7 Å². The number of ether oxygens (including phenoxy) is 2. The van der Waals surface area contributed by atoms with E-state index >= 15 is 0 Å². The molecule has 0 radical (unpaired) electrons. The molecule has 2 rings (SSSR count). The Kier molecular flexibility index (Phi) is 18.6. The molecule has 44 heavy (non-hydrogen) atoms. The highest BCUT2D eigenvalue weighted by molar-refractivity contribution is 7.53. The summed E-state index contributed by atoms with van der Waals surface area (Å²) in [5.74, 6) is 1.27. The summed E-state index contributed by atoms with van der Waals surface area (Å²) < 4.78 is 62.9. The molecule has 0 N–H and O–H groups in total. The average molecular weight is 655 g/mol. The van der Waals surface area contributed by atoms with Crippen molar-refractivity contribution in [1.29, 1.82) is 0 Å². The molecule has 10 heteroatoms. The lowest BCUT2D eigenvalue weighted by molar-refractivity contribution is 0.217. The van der Waals surface area contributed by atoms with Crippen molar-refractivity contribution >= 4 is 15.2 Å². The van der Waals surface area contributed by atoms with Crippen molar-refractivity contribution in [2.75, 3.05) is 39.6 Å². The van der Waals surface area contributed by atoms with Crippen LogP contribution in [-0.2, 0) is 39.5 Å². The summed E-state index contributed by atoms with van der Waals surface area (Å²) >= 11 is 0. The maximum Gasteiger partial charge on any atom is 0.335 e. The highest BCUT2D eigenvalue weighted by atomic mass is 31.2. The molecule has 8 nitrogen and oxygen atoms in total. The second-order valence-corrected chi connectivity index (χ2v) is 14.7. The van der Waals surface area contributed by atoms with Crippen molar-refractivity contribution in [2.24, 2.45) is 0 Å². The number of para-hydroxylation sites is 2. The second kappa shape index (κ2) is 21.2. The van der Waals surface area contributed by atoms with Gasteiger partial charge in [0.05, 0.1) is 52.0 Å². The van der Waals surface area contributed by atoms with E-state index in [9.17, 15) is 9.13 Å². The van der Waals surface area contributed by atoms with Crippen molar-refractivity contribution < 1.29 is 36.7 Å². The molecule has 250 valence electrons. The van der Waals surface area contributed by atoms with Crippen molar-refractivity contribution in [1.82, 2.24) is 0 Å². The third kappa shape index (κ3) is 12.6. The van der Waals surface area contributed by atoms with Gasteiger partial charge in [-0.1, -0.05) is 88.8 Å². The van der Waals surface area contributed by atoms with Crippen LogP contribution in [-0.4, -0.2) is 39.6 Å². The molecule has 0 spiro atoms. The quantitative estimate of drug-likeness (QED) is 0.0772. The molecular weight excluding hydrogens is 598 g/mol. The van der Waals surface area contributed by atoms with Crippen LogP contribution in [0.2, 0.25) is 0 Å². The molecule has 0 fully saturated rings. The summed E-state index contributed by atoms with van der Waals surface area (Å²) in [4.78, 5) is 0.